The fourth-order valence-corrected chi connectivity index (χ4v) is 3.03. The third kappa shape index (κ3) is 4.37. The molecule has 6 heteroatoms. The van der Waals surface area contributed by atoms with E-state index in [9.17, 15) is 4.79 Å². The molecule has 2 aromatic rings. The number of halogens is 1. The molecule has 132 valence electrons. The van der Waals surface area contributed by atoms with Crippen molar-refractivity contribution in [2.75, 3.05) is 19.8 Å². The van der Waals surface area contributed by atoms with Gasteiger partial charge in [-0.25, -0.2) is 0 Å². The Labute approximate surface area is 151 Å². The maximum atomic E-state index is 12.0. The molecule has 2 aromatic carbocycles. The molecule has 0 spiro atoms. The van der Waals surface area contributed by atoms with Gasteiger partial charge in [-0.15, -0.1) is 0 Å². The molecule has 0 aliphatic carbocycles. The average molecular weight is 362 g/mol. The van der Waals surface area contributed by atoms with Crippen LogP contribution in [0.15, 0.2) is 36.4 Å². The third-order valence-corrected chi connectivity index (χ3v) is 4.09. The average Bonchev–Trinajstić information content (AvgIpc) is 2.59. The number of fused-ring (bicyclic) bond motifs is 1. The van der Waals surface area contributed by atoms with Gasteiger partial charge in [-0.1, -0.05) is 23.7 Å². The number of carbonyl (C=O) groups excluding carboxylic acids is 1. The molecule has 1 aliphatic heterocycles. The number of carbonyl (C=O) groups is 1. The number of ether oxygens (including phenoxy) is 3. The predicted octanol–water partition coefficient (Wildman–Crippen LogP) is 3.29. The van der Waals surface area contributed by atoms with E-state index < -0.39 is 0 Å². The summed E-state index contributed by atoms with van der Waals surface area (Å²) in [7, 11) is 0. The summed E-state index contributed by atoms with van der Waals surface area (Å²) in [5.74, 6) is 1.89. The normalized spacial score (nSPS) is 15.6. The highest BCUT2D eigenvalue weighted by Crippen LogP contribution is 2.30. The summed E-state index contributed by atoms with van der Waals surface area (Å²) in [5.41, 5.74) is 1.80. The Morgan fingerprint density at radius 2 is 1.92 bits per heavy atom. The van der Waals surface area contributed by atoms with Gasteiger partial charge in [0.15, 0.2) is 18.1 Å². The zero-order valence-electron chi connectivity index (χ0n) is 14.2. The van der Waals surface area contributed by atoms with Gasteiger partial charge in [0.2, 0.25) is 0 Å². The van der Waals surface area contributed by atoms with Gasteiger partial charge in [0.1, 0.15) is 18.5 Å². The highest BCUT2D eigenvalue weighted by atomic mass is 35.5. The van der Waals surface area contributed by atoms with Gasteiger partial charge in [0.05, 0.1) is 6.54 Å². The maximum absolute atomic E-state index is 12.0. The van der Waals surface area contributed by atoms with Crippen LogP contribution in [0.25, 0.3) is 0 Å². The molecule has 0 fully saturated rings. The second kappa shape index (κ2) is 7.66. The Morgan fingerprint density at radius 3 is 2.64 bits per heavy atom. The zero-order chi connectivity index (χ0) is 17.8. The Balaban J connectivity index is 1.48. The van der Waals surface area contributed by atoms with Gasteiger partial charge in [0.25, 0.3) is 5.91 Å². The lowest BCUT2D eigenvalue weighted by Crippen LogP contribution is -2.42. The molecule has 0 unspecified atom stereocenters. The standard InChI is InChI=1S/C19H20ClNO4/c1-12-7-14(20)8-13(2)19(12)24-11-18(22)21-9-15-10-23-16-5-3-4-6-17(16)25-15/h3-8,15H,9-11H2,1-2H3,(H,21,22)/t15-/m1/s1. The van der Waals surface area contributed by atoms with E-state index >= 15 is 0 Å². The second-order valence-electron chi connectivity index (χ2n) is 5.96. The summed E-state index contributed by atoms with van der Waals surface area (Å²) in [5, 5.41) is 3.46. The maximum Gasteiger partial charge on any atom is 0.258 e. The number of rotatable bonds is 5. The van der Waals surface area contributed by atoms with E-state index in [-0.39, 0.29) is 18.6 Å². The second-order valence-corrected chi connectivity index (χ2v) is 6.40. The van der Waals surface area contributed by atoms with Crippen LogP contribution in [0.3, 0.4) is 0 Å². The first-order valence-corrected chi connectivity index (χ1v) is 8.45. The van der Waals surface area contributed by atoms with Crippen LogP contribution < -0.4 is 19.5 Å². The van der Waals surface area contributed by atoms with Crippen molar-refractivity contribution in [2.24, 2.45) is 0 Å². The minimum Gasteiger partial charge on any atom is -0.486 e. The van der Waals surface area contributed by atoms with Gasteiger partial charge in [-0.3, -0.25) is 4.79 Å². The third-order valence-electron chi connectivity index (χ3n) is 3.87. The molecule has 0 aromatic heterocycles. The molecule has 0 saturated heterocycles. The summed E-state index contributed by atoms with van der Waals surface area (Å²) in [6.07, 6.45) is -0.224. The largest absolute Gasteiger partial charge is 0.486 e. The summed E-state index contributed by atoms with van der Waals surface area (Å²) in [6, 6.07) is 11.1. The van der Waals surface area contributed by atoms with E-state index in [4.69, 9.17) is 25.8 Å². The van der Waals surface area contributed by atoms with Crippen LogP contribution in [0, 0.1) is 13.8 Å². The smallest absolute Gasteiger partial charge is 0.258 e. The molecular formula is C19H20ClNO4. The van der Waals surface area contributed by atoms with Crippen molar-refractivity contribution in [2.45, 2.75) is 20.0 Å². The molecular weight excluding hydrogens is 342 g/mol. The molecule has 1 amide bonds. The molecule has 25 heavy (non-hydrogen) atoms. The van der Waals surface area contributed by atoms with Gasteiger partial charge in [0, 0.05) is 5.02 Å². The lowest BCUT2D eigenvalue weighted by Gasteiger charge is -2.26. The van der Waals surface area contributed by atoms with Crippen LogP contribution in [-0.4, -0.2) is 31.8 Å². The van der Waals surface area contributed by atoms with Crippen LogP contribution in [0.2, 0.25) is 5.02 Å². The van der Waals surface area contributed by atoms with Gasteiger partial charge < -0.3 is 19.5 Å². The number of hydrogen-bond donors (Lipinski definition) is 1. The highest BCUT2D eigenvalue weighted by Gasteiger charge is 2.21. The monoisotopic (exact) mass is 361 g/mol. The first-order chi connectivity index (χ1) is 12.0. The number of nitrogens with one attached hydrogen (secondary N) is 1. The molecule has 5 nitrogen and oxygen atoms in total. The molecule has 3 rings (SSSR count). The molecule has 1 aliphatic rings. The van der Waals surface area contributed by atoms with E-state index in [0.717, 1.165) is 16.9 Å². The molecule has 1 heterocycles. The van der Waals surface area contributed by atoms with E-state index in [2.05, 4.69) is 5.32 Å². The number of aryl methyl sites for hydroxylation is 2. The van der Waals surface area contributed by atoms with E-state index in [1.807, 2.05) is 50.2 Å². The van der Waals surface area contributed by atoms with Crippen LogP contribution in [-0.2, 0) is 4.79 Å². The van der Waals surface area contributed by atoms with Gasteiger partial charge in [-0.05, 0) is 49.2 Å². The Bertz CT molecular complexity index is 755. The van der Waals surface area contributed by atoms with Crippen molar-refractivity contribution in [3.8, 4) is 17.2 Å². The van der Waals surface area contributed by atoms with Crippen molar-refractivity contribution in [3.05, 3.63) is 52.5 Å². The van der Waals surface area contributed by atoms with Gasteiger partial charge >= 0.3 is 0 Å². The highest BCUT2D eigenvalue weighted by molar-refractivity contribution is 6.30. The lowest BCUT2D eigenvalue weighted by atomic mass is 10.1. The van der Waals surface area contributed by atoms with Gasteiger partial charge in [-0.2, -0.15) is 0 Å². The Morgan fingerprint density at radius 1 is 1.24 bits per heavy atom. The SMILES string of the molecule is Cc1cc(Cl)cc(C)c1OCC(=O)NC[C@@H]1COc2ccccc2O1. The zero-order valence-corrected chi connectivity index (χ0v) is 14.9. The fourth-order valence-electron chi connectivity index (χ4n) is 2.71. The van der Waals surface area contributed by atoms with E-state index in [1.54, 1.807) is 0 Å². The van der Waals surface area contributed by atoms with Crippen molar-refractivity contribution in [3.63, 3.8) is 0 Å². The summed E-state index contributed by atoms with van der Waals surface area (Å²) >= 11 is 6.00. The van der Waals surface area contributed by atoms with Crippen LogP contribution in [0.1, 0.15) is 11.1 Å². The van der Waals surface area contributed by atoms with Crippen molar-refractivity contribution in [1.29, 1.82) is 0 Å². The Hall–Kier alpha value is -2.40. The Kier molecular flexibility index (Phi) is 5.34. The van der Waals surface area contributed by atoms with Crippen LogP contribution >= 0.6 is 11.6 Å². The van der Waals surface area contributed by atoms with Crippen molar-refractivity contribution >= 4 is 17.5 Å². The number of benzene rings is 2. The fraction of sp³-hybridized carbons (Fsp3) is 0.316. The first kappa shape index (κ1) is 17.4. The van der Waals surface area contributed by atoms with Crippen LogP contribution in [0.5, 0.6) is 17.2 Å². The quantitative estimate of drug-likeness (QED) is 0.887. The minimum absolute atomic E-state index is 0.0620. The molecule has 0 radical (unpaired) electrons. The number of hydrogen-bond acceptors (Lipinski definition) is 4. The summed E-state index contributed by atoms with van der Waals surface area (Å²) in [6.45, 7) is 4.49. The van der Waals surface area contributed by atoms with Crippen LogP contribution in [0.4, 0.5) is 0 Å². The van der Waals surface area contributed by atoms with E-state index in [0.29, 0.717) is 29.7 Å². The van der Waals surface area contributed by atoms with Crippen molar-refractivity contribution in [1.82, 2.24) is 5.32 Å². The topological polar surface area (TPSA) is 56.8 Å². The molecule has 0 bridgehead atoms. The van der Waals surface area contributed by atoms with Crippen molar-refractivity contribution < 1.29 is 19.0 Å². The number of para-hydroxylation sites is 2. The molecule has 1 N–H and O–H groups in total. The lowest BCUT2D eigenvalue weighted by molar-refractivity contribution is -0.123. The summed E-state index contributed by atoms with van der Waals surface area (Å²) < 4.78 is 17.1. The molecule has 1 atom stereocenters. The predicted molar refractivity (Wildman–Crippen MR) is 95.8 cm³/mol. The van der Waals surface area contributed by atoms with E-state index in [1.165, 1.54) is 0 Å². The minimum atomic E-state index is -0.224. The molecule has 0 saturated carbocycles. The summed E-state index contributed by atoms with van der Waals surface area (Å²) in [4.78, 5) is 12.0. The number of amides is 1. The first-order valence-electron chi connectivity index (χ1n) is 8.07.